The third-order valence-corrected chi connectivity index (χ3v) is 8.24. The number of benzene rings is 2. The van der Waals surface area contributed by atoms with Crippen LogP contribution in [0.3, 0.4) is 0 Å². The molecule has 3 amide bonds. The lowest BCUT2D eigenvalue weighted by atomic mass is 10.0. The molecular formula is C25H29N3O5S. The molecule has 0 radical (unpaired) electrons. The van der Waals surface area contributed by atoms with E-state index in [2.05, 4.69) is 11.9 Å². The zero-order valence-corrected chi connectivity index (χ0v) is 20.8. The van der Waals surface area contributed by atoms with Gasteiger partial charge < -0.3 is 5.32 Å². The smallest absolute Gasteiger partial charge is 0.252 e. The zero-order valence-electron chi connectivity index (χ0n) is 20.0. The molecule has 1 N–H and O–H groups in total. The van der Waals surface area contributed by atoms with Crippen LogP contribution in [0.2, 0.25) is 0 Å². The highest BCUT2D eigenvalue weighted by Crippen LogP contribution is 2.33. The van der Waals surface area contributed by atoms with Gasteiger partial charge in [-0.25, -0.2) is 13.3 Å². The van der Waals surface area contributed by atoms with Gasteiger partial charge in [0.25, 0.3) is 5.91 Å². The summed E-state index contributed by atoms with van der Waals surface area (Å²) in [7, 11) is -4.12. The summed E-state index contributed by atoms with van der Waals surface area (Å²) in [6.45, 7) is 12.1. The number of nitrogens with zero attached hydrogens (tertiary/aromatic N) is 2. The van der Waals surface area contributed by atoms with E-state index in [-0.39, 0.29) is 23.8 Å². The monoisotopic (exact) mass is 483 g/mol. The first kappa shape index (κ1) is 25.3. The Kier molecular flexibility index (Phi) is 7.09. The standard InChI is InChI=1S/C25H29N3O5S/c1-7-12-27(34(32,33)24-17(4)15(2)13-16(3)18(24)5)22-14-23(30)28(25(22)31)21-10-8-20(9-11-21)26-19(6)29/h7-11,13,22H,1,12,14H2,2-6H3,(H,26,29). The van der Waals surface area contributed by atoms with Crippen molar-refractivity contribution < 1.29 is 22.8 Å². The van der Waals surface area contributed by atoms with Crippen molar-refractivity contribution in [1.29, 1.82) is 0 Å². The van der Waals surface area contributed by atoms with Gasteiger partial charge >= 0.3 is 0 Å². The van der Waals surface area contributed by atoms with Crippen molar-refractivity contribution in [2.24, 2.45) is 0 Å². The van der Waals surface area contributed by atoms with Gasteiger partial charge in [0.15, 0.2) is 0 Å². The van der Waals surface area contributed by atoms with E-state index >= 15 is 0 Å². The Balaban J connectivity index is 2.02. The highest BCUT2D eigenvalue weighted by Gasteiger charge is 2.47. The molecule has 0 aromatic heterocycles. The SMILES string of the molecule is C=CCN(C1CC(=O)N(c2ccc(NC(C)=O)cc2)C1=O)S(=O)(=O)c1c(C)c(C)cc(C)c1C. The average molecular weight is 484 g/mol. The van der Waals surface area contributed by atoms with Gasteiger partial charge in [-0.15, -0.1) is 6.58 Å². The lowest BCUT2D eigenvalue weighted by Gasteiger charge is -2.28. The fraction of sp³-hybridized carbons (Fsp3) is 0.320. The second-order valence-electron chi connectivity index (χ2n) is 8.47. The summed E-state index contributed by atoms with van der Waals surface area (Å²) >= 11 is 0. The third-order valence-electron chi connectivity index (χ3n) is 6.09. The third kappa shape index (κ3) is 4.53. The summed E-state index contributed by atoms with van der Waals surface area (Å²) in [5.41, 5.74) is 3.70. The van der Waals surface area contributed by atoms with Gasteiger partial charge in [-0.3, -0.25) is 14.4 Å². The topological polar surface area (TPSA) is 104 Å². The van der Waals surface area contributed by atoms with Gasteiger partial charge in [0.05, 0.1) is 17.0 Å². The van der Waals surface area contributed by atoms with E-state index in [4.69, 9.17) is 0 Å². The Morgan fingerprint density at radius 1 is 1.12 bits per heavy atom. The zero-order chi connectivity index (χ0) is 25.4. The number of carbonyl (C=O) groups excluding carboxylic acids is 3. The maximum atomic E-state index is 13.9. The van der Waals surface area contributed by atoms with E-state index in [1.807, 2.05) is 19.9 Å². The summed E-state index contributed by atoms with van der Waals surface area (Å²) < 4.78 is 28.8. The molecule has 9 heteroatoms. The molecule has 1 atom stereocenters. The summed E-state index contributed by atoms with van der Waals surface area (Å²) in [5.74, 6) is -1.37. The molecule has 1 aliphatic rings. The van der Waals surface area contributed by atoms with Crippen LogP contribution in [-0.2, 0) is 24.4 Å². The summed E-state index contributed by atoms with van der Waals surface area (Å²) in [6.07, 6.45) is 1.13. The van der Waals surface area contributed by atoms with Gasteiger partial charge in [0, 0.05) is 19.2 Å². The number of hydrogen-bond acceptors (Lipinski definition) is 5. The number of imide groups is 1. The fourth-order valence-corrected chi connectivity index (χ4v) is 6.35. The second-order valence-corrected chi connectivity index (χ2v) is 10.3. The van der Waals surface area contributed by atoms with Gasteiger partial charge in [-0.1, -0.05) is 12.1 Å². The van der Waals surface area contributed by atoms with Gasteiger partial charge in [0.1, 0.15) is 6.04 Å². The van der Waals surface area contributed by atoms with Crippen LogP contribution in [-0.4, -0.2) is 43.0 Å². The Bertz CT molecular complexity index is 1260. The number of nitrogens with one attached hydrogen (secondary N) is 1. The van der Waals surface area contributed by atoms with Crippen molar-refractivity contribution in [3.05, 3.63) is 65.2 Å². The van der Waals surface area contributed by atoms with Gasteiger partial charge in [0.2, 0.25) is 21.8 Å². The summed E-state index contributed by atoms with van der Waals surface area (Å²) in [6, 6.07) is 6.96. The minimum absolute atomic E-state index is 0.118. The molecule has 2 aromatic carbocycles. The minimum atomic E-state index is -4.12. The van der Waals surface area contributed by atoms with E-state index in [0.717, 1.165) is 20.3 Å². The first-order chi connectivity index (χ1) is 15.9. The van der Waals surface area contributed by atoms with Gasteiger partial charge in [-0.2, -0.15) is 4.31 Å². The molecule has 0 aliphatic carbocycles. The lowest BCUT2D eigenvalue weighted by Crippen LogP contribution is -2.45. The van der Waals surface area contributed by atoms with Crippen molar-refractivity contribution in [2.45, 2.75) is 52.0 Å². The number of carbonyl (C=O) groups is 3. The van der Waals surface area contributed by atoms with Crippen LogP contribution in [0.4, 0.5) is 11.4 Å². The maximum absolute atomic E-state index is 13.9. The molecule has 2 aromatic rings. The van der Waals surface area contributed by atoms with Crippen molar-refractivity contribution >= 4 is 39.1 Å². The van der Waals surface area contributed by atoms with E-state index in [0.29, 0.717) is 22.5 Å². The molecule has 34 heavy (non-hydrogen) atoms. The predicted octanol–water partition coefficient (Wildman–Crippen LogP) is 3.39. The Morgan fingerprint density at radius 2 is 1.68 bits per heavy atom. The van der Waals surface area contributed by atoms with Crippen molar-refractivity contribution in [1.82, 2.24) is 4.31 Å². The molecule has 0 saturated carbocycles. The molecular weight excluding hydrogens is 454 g/mol. The lowest BCUT2D eigenvalue weighted by molar-refractivity contribution is -0.122. The normalized spacial score (nSPS) is 16.3. The predicted molar refractivity (Wildman–Crippen MR) is 131 cm³/mol. The molecule has 1 saturated heterocycles. The highest BCUT2D eigenvalue weighted by atomic mass is 32.2. The first-order valence-electron chi connectivity index (χ1n) is 10.8. The number of aryl methyl sites for hydroxylation is 2. The Labute approximate surface area is 200 Å². The van der Waals surface area contributed by atoms with Crippen LogP contribution < -0.4 is 10.2 Å². The number of anilines is 2. The van der Waals surface area contributed by atoms with Crippen molar-refractivity contribution in [2.75, 3.05) is 16.8 Å². The largest absolute Gasteiger partial charge is 0.326 e. The van der Waals surface area contributed by atoms with Crippen LogP contribution >= 0.6 is 0 Å². The van der Waals surface area contributed by atoms with Crippen LogP contribution in [0, 0.1) is 27.7 Å². The Morgan fingerprint density at radius 3 is 2.18 bits per heavy atom. The number of amides is 3. The summed E-state index contributed by atoms with van der Waals surface area (Å²) in [5, 5.41) is 2.62. The molecule has 0 bridgehead atoms. The van der Waals surface area contributed by atoms with E-state index in [9.17, 15) is 22.8 Å². The first-order valence-corrected chi connectivity index (χ1v) is 12.3. The van der Waals surface area contributed by atoms with Crippen LogP contribution in [0.1, 0.15) is 35.6 Å². The van der Waals surface area contributed by atoms with E-state index < -0.39 is 27.9 Å². The summed E-state index contributed by atoms with van der Waals surface area (Å²) in [4.78, 5) is 38.6. The van der Waals surface area contributed by atoms with Gasteiger partial charge in [-0.05, 0) is 74.2 Å². The Hall–Kier alpha value is -3.30. The maximum Gasteiger partial charge on any atom is 0.252 e. The minimum Gasteiger partial charge on any atom is -0.326 e. The second kappa shape index (κ2) is 9.52. The number of sulfonamides is 1. The molecule has 1 fully saturated rings. The highest BCUT2D eigenvalue weighted by molar-refractivity contribution is 7.89. The molecule has 1 unspecified atom stereocenters. The molecule has 1 heterocycles. The number of rotatable bonds is 7. The van der Waals surface area contributed by atoms with E-state index in [1.165, 1.54) is 25.1 Å². The molecule has 1 aliphatic heterocycles. The quantitative estimate of drug-likeness (QED) is 0.480. The average Bonchev–Trinajstić information content (AvgIpc) is 3.04. The van der Waals surface area contributed by atoms with Crippen molar-refractivity contribution in [3.63, 3.8) is 0 Å². The molecule has 180 valence electrons. The van der Waals surface area contributed by atoms with Crippen LogP contribution in [0.25, 0.3) is 0 Å². The van der Waals surface area contributed by atoms with Crippen LogP contribution in [0.15, 0.2) is 47.9 Å². The fourth-order valence-electron chi connectivity index (χ4n) is 4.21. The molecule has 8 nitrogen and oxygen atoms in total. The van der Waals surface area contributed by atoms with Crippen LogP contribution in [0.5, 0.6) is 0 Å². The number of hydrogen-bond donors (Lipinski definition) is 1. The molecule has 0 spiro atoms. The van der Waals surface area contributed by atoms with Crippen molar-refractivity contribution in [3.8, 4) is 0 Å². The molecule has 3 rings (SSSR count). The van der Waals surface area contributed by atoms with E-state index in [1.54, 1.807) is 26.0 Å².